The molecule has 3 rings (SSSR count). The zero-order valence-corrected chi connectivity index (χ0v) is 16.2. The van der Waals surface area contributed by atoms with Crippen LogP contribution in [0.5, 0.6) is 5.75 Å². The van der Waals surface area contributed by atoms with Crippen LogP contribution in [-0.2, 0) is 20.1 Å². The molecule has 0 aliphatic rings. The van der Waals surface area contributed by atoms with Crippen LogP contribution in [0.25, 0.3) is 0 Å². The van der Waals surface area contributed by atoms with E-state index >= 15 is 0 Å². The molecule has 2 N–H and O–H groups in total. The van der Waals surface area contributed by atoms with Crippen molar-refractivity contribution in [2.24, 2.45) is 7.05 Å². The summed E-state index contributed by atoms with van der Waals surface area (Å²) in [6.07, 6.45) is 0.575. The van der Waals surface area contributed by atoms with Gasteiger partial charge in [-0.3, -0.25) is 9.89 Å². The van der Waals surface area contributed by atoms with Gasteiger partial charge >= 0.3 is 0 Å². The molecule has 0 spiro atoms. The Bertz CT molecular complexity index is 948. The topological polar surface area (TPSA) is 84.8 Å². The van der Waals surface area contributed by atoms with Crippen LogP contribution in [0.3, 0.4) is 0 Å². The van der Waals surface area contributed by atoms with Gasteiger partial charge in [-0.2, -0.15) is 5.10 Å². The lowest BCUT2D eigenvalue weighted by molar-refractivity contribution is 0.0949. The zero-order chi connectivity index (χ0) is 18.5. The third-order valence-corrected chi connectivity index (χ3v) is 5.01. The highest BCUT2D eigenvalue weighted by Gasteiger charge is 2.11. The van der Waals surface area contributed by atoms with Gasteiger partial charge in [0.15, 0.2) is 4.77 Å². The molecule has 1 aromatic carbocycles. The van der Waals surface area contributed by atoms with Crippen molar-refractivity contribution in [2.75, 3.05) is 6.54 Å². The molecule has 0 aliphatic carbocycles. The largest absolute Gasteiger partial charge is 0.486 e. The quantitative estimate of drug-likeness (QED) is 0.585. The first-order valence-electron chi connectivity index (χ1n) is 7.74. The van der Waals surface area contributed by atoms with Crippen LogP contribution in [0.1, 0.15) is 21.3 Å². The maximum atomic E-state index is 12.2. The molecule has 0 saturated heterocycles. The summed E-state index contributed by atoms with van der Waals surface area (Å²) in [5.41, 5.74) is 0.375. The number of halogens is 1. The average Bonchev–Trinajstić information content (AvgIpc) is 3.23. The second kappa shape index (κ2) is 8.43. The number of hydrogen-bond acceptors (Lipinski definition) is 6. The average molecular weight is 410 g/mol. The number of nitrogens with one attached hydrogen (secondary N) is 2. The van der Waals surface area contributed by atoms with Gasteiger partial charge in [-0.1, -0.05) is 11.6 Å². The minimum absolute atomic E-state index is 0.226. The number of carbonyl (C=O) groups excluding carboxylic acids is 1. The highest BCUT2D eigenvalue weighted by molar-refractivity contribution is 7.71. The van der Waals surface area contributed by atoms with E-state index in [1.54, 1.807) is 34.2 Å². The van der Waals surface area contributed by atoms with Crippen molar-refractivity contribution in [3.05, 3.63) is 56.0 Å². The number of nitrogens with zero attached hydrogens (tertiary/aromatic N) is 3. The van der Waals surface area contributed by atoms with Gasteiger partial charge in [-0.05, 0) is 36.5 Å². The number of benzene rings is 1. The molecule has 0 atom stereocenters. The summed E-state index contributed by atoms with van der Waals surface area (Å²) in [7, 11) is 1.83. The first kappa shape index (κ1) is 18.6. The first-order valence-corrected chi connectivity index (χ1v) is 9.41. The fraction of sp³-hybridized carbons (Fsp3) is 0.250. The molecule has 0 radical (unpaired) electrons. The van der Waals surface area contributed by atoms with E-state index in [2.05, 4.69) is 20.5 Å². The predicted molar refractivity (Wildman–Crippen MR) is 102 cm³/mol. The lowest BCUT2D eigenvalue weighted by atomic mass is 10.3. The van der Waals surface area contributed by atoms with Crippen molar-refractivity contribution in [1.82, 2.24) is 25.1 Å². The Hall–Kier alpha value is -2.23. The molecular formula is C16H16ClN5O2S2. The van der Waals surface area contributed by atoms with Gasteiger partial charge in [0, 0.05) is 30.4 Å². The van der Waals surface area contributed by atoms with Crippen molar-refractivity contribution in [3.63, 3.8) is 0 Å². The van der Waals surface area contributed by atoms with Gasteiger partial charge in [0.2, 0.25) is 0 Å². The SMILES string of the molecule is Cn1c(CCNC(=O)c2csc(COc3ccc(Cl)cc3)n2)n[nH]c1=S. The van der Waals surface area contributed by atoms with E-state index in [-0.39, 0.29) is 5.91 Å². The lowest BCUT2D eigenvalue weighted by Gasteiger charge is -2.04. The van der Waals surface area contributed by atoms with Gasteiger partial charge in [0.05, 0.1) is 0 Å². The van der Waals surface area contributed by atoms with Crippen LogP contribution in [-0.4, -0.2) is 32.2 Å². The lowest BCUT2D eigenvalue weighted by Crippen LogP contribution is -2.26. The molecule has 26 heavy (non-hydrogen) atoms. The van der Waals surface area contributed by atoms with Gasteiger partial charge in [0.1, 0.15) is 28.9 Å². The fourth-order valence-corrected chi connectivity index (χ4v) is 3.10. The standard InChI is InChI=1S/C16H16ClN5O2S2/c1-22-13(20-21-16(22)25)6-7-18-15(23)12-9-26-14(19-12)8-24-11-4-2-10(17)3-5-11/h2-5,9H,6-8H2,1H3,(H,18,23)(H,21,25). The monoisotopic (exact) mass is 409 g/mol. The molecule has 0 bridgehead atoms. The van der Waals surface area contributed by atoms with Crippen molar-refractivity contribution < 1.29 is 9.53 Å². The molecule has 3 aromatic rings. The Balaban J connectivity index is 1.48. The first-order chi connectivity index (χ1) is 12.5. The molecule has 1 amide bonds. The summed E-state index contributed by atoms with van der Waals surface area (Å²) >= 11 is 12.3. The summed E-state index contributed by atoms with van der Waals surface area (Å²) in [6, 6.07) is 7.08. The third-order valence-electron chi connectivity index (χ3n) is 3.57. The van der Waals surface area contributed by atoms with Crippen molar-refractivity contribution in [2.45, 2.75) is 13.0 Å². The minimum atomic E-state index is -0.226. The van der Waals surface area contributed by atoms with Gasteiger partial charge < -0.3 is 14.6 Å². The number of thiazole rings is 1. The Morgan fingerprint density at radius 2 is 2.19 bits per heavy atom. The number of H-pyrrole nitrogens is 1. The van der Waals surface area contributed by atoms with E-state index in [9.17, 15) is 4.79 Å². The Morgan fingerprint density at radius 3 is 2.88 bits per heavy atom. The fourth-order valence-electron chi connectivity index (χ4n) is 2.14. The van der Waals surface area contributed by atoms with Gasteiger partial charge in [-0.25, -0.2) is 4.98 Å². The number of ether oxygens (including phenoxy) is 1. The molecule has 10 heteroatoms. The maximum Gasteiger partial charge on any atom is 0.270 e. The normalized spacial score (nSPS) is 10.7. The number of carbonyl (C=O) groups is 1. The molecule has 2 aromatic heterocycles. The van der Waals surface area contributed by atoms with E-state index in [1.807, 2.05) is 7.05 Å². The number of aromatic amines is 1. The van der Waals surface area contributed by atoms with Crippen molar-refractivity contribution in [3.8, 4) is 5.75 Å². The minimum Gasteiger partial charge on any atom is -0.486 e. The van der Waals surface area contributed by atoms with Crippen LogP contribution in [0.2, 0.25) is 5.02 Å². The van der Waals surface area contributed by atoms with E-state index < -0.39 is 0 Å². The summed E-state index contributed by atoms with van der Waals surface area (Å²) in [6.45, 7) is 0.741. The molecule has 2 heterocycles. The maximum absolute atomic E-state index is 12.2. The molecule has 7 nitrogen and oxygen atoms in total. The van der Waals surface area contributed by atoms with Gasteiger partial charge in [-0.15, -0.1) is 11.3 Å². The Morgan fingerprint density at radius 1 is 1.42 bits per heavy atom. The Labute approximate surface area is 164 Å². The molecule has 0 saturated carbocycles. The van der Waals surface area contributed by atoms with Crippen LogP contribution >= 0.6 is 35.2 Å². The summed E-state index contributed by atoms with van der Waals surface area (Å²) in [5, 5.41) is 12.7. The van der Waals surface area contributed by atoms with E-state index in [0.717, 1.165) is 10.8 Å². The van der Waals surface area contributed by atoms with Crippen molar-refractivity contribution >= 4 is 41.1 Å². The van der Waals surface area contributed by atoms with Crippen LogP contribution in [0.4, 0.5) is 0 Å². The predicted octanol–water partition coefficient (Wildman–Crippen LogP) is 3.14. The van der Waals surface area contributed by atoms with Gasteiger partial charge in [0.25, 0.3) is 5.91 Å². The summed E-state index contributed by atoms with van der Waals surface area (Å²) < 4.78 is 7.95. The highest BCUT2D eigenvalue weighted by atomic mass is 35.5. The van der Waals surface area contributed by atoms with E-state index in [4.69, 9.17) is 28.6 Å². The molecular weight excluding hydrogens is 394 g/mol. The molecule has 0 unspecified atom stereocenters. The van der Waals surface area contributed by atoms with E-state index in [0.29, 0.717) is 40.8 Å². The second-order valence-corrected chi connectivity index (χ2v) is 7.14. The Kier molecular flexibility index (Phi) is 6.02. The smallest absolute Gasteiger partial charge is 0.270 e. The summed E-state index contributed by atoms with van der Waals surface area (Å²) in [5.74, 6) is 1.25. The second-order valence-electron chi connectivity index (χ2n) is 5.38. The highest BCUT2D eigenvalue weighted by Crippen LogP contribution is 2.18. The molecule has 0 aliphatic heterocycles. The summed E-state index contributed by atoms with van der Waals surface area (Å²) in [4.78, 5) is 16.5. The third kappa shape index (κ3) is 4.69. The van der Waals surface area contributed by atoms with Crippen LogP contribution in [0.15, 0.2) is 29.6 Å². The van der Waals surface area contributed by atoms with Crippen LogP contribution in [0, 0.1) is 4.77 Å². The number of aromatic nitrogens is 4. The molecule has 136 valence electrons. The zero-order valence-electron chi connectivity index (χ0n) is 13.9. The van der Waals surface area contributed by atoms with Crippen LogP contribution < -0.4 is 10.1 Å². The van der Waals surface area contributed by atoms with E-state index in [1.165, 1.54) is 11.3 Å². The number of rotatable bonds is 7. The number of hydrogen-bond donors (Lipinski definition) is 2. The van der Waals surface area contributed by atoms with Crippen molar-refractivity contribution in [1.29, 1.82) is 0 Å². The molecule has 0 fully saturated rings. The number of amides is 1.